The number of benzene rings is 2. The second kappa shape index (κ2) is 5.88. The highest BCUT2D eigenvalue weighted by Gasteiger charge is 2.31. The van der Waals surface area contributed by atoms with Crippen LogP contribution in [0.25, 0.3) is 11.1 Å². The van der Waals surface area contributed by atoms with Gasteiger partial charge in [-0.25, -0.2) is 8.60 Å². The minimum atomic E-state index is -1.90. The van der Waals surface area contributed by atoms with Gasteiger partial charge in [-0.15, -0.1) is 0 Å². The Bertz CT molecular complexity index is 772. The molecule has 0 saturated carbocycles. The molecule has 0 spiro atoms. The van der Waals surface area contributed by atoms with E-state index in [0.29, 0.717) is 16.9 Å². The fourth-order valence-corrected chi connectivity index (χ4v) is 3.27. The summed E-state index contributed by atoms with van der Waals surface area (Å²) in [5, 5.41) is 10.1. The van der Waals surface area contributed by atoms with Gasteiger partial charge in [0.25, 0.3) is 5.91 Å². The van der Waals surface area contributed by atoms with Gasteiger partial charge in [0.2, 0.25) is 11.2 Å². The van der Waals surface area contributed by atoms with E-state index in [0.717, 1.165) is 4.31 Å². The second-order valence-corrected chi connectivity index (χ2v) is 6.01. The van der Waals surface area contributed by atoms with E-state index in [4.69, 9.17) is 4.74 Å². The van der Waals surface area contributed by atoms with Gasteiger partial charge in [-0.05, 0) is 35.4 Å². The number of phenols is 1. The number of carbonyl (C=O) groups is 1. The van der Waals surface area contributed by atoms with Crippen LogP contribution in [0.4, 0.5) is 10.1 Å². The lowest BCUT2D eigenvalue weighted by Gasteiger charge is -2.17. The normalized spacial score (nSPS) is 17.2. The highest BCUT2D eigenvalue weighted by atomic mass is 32.2. The Labute approximate surface area is 134 Å². The number of nitrogens with zero attached hydrogens (tertiary/aromatic N) is 1. The quantitative estimate of drug-likeness (QED) is 0.895. The number of methoxy groups -OCH3 is 1. The summed E-state index contributed by atoms with van der Waals surface area (Å²) in [7, 11) is 1.54. The molecule has 1 atom stereocenters. The largest absolute Gasteiger partial charge is 0.506 e. The lowest BCUT2D eigenvalue weighted by atomic mass is 10.0. The van der Waals surface area contributed by atoms with Gasteiger partial charge in [-0.2, -0.15) is 0 Å². The average molecular weight is 336 g/mol. The number of phenolic OH excluding ortho intramolecular Hbond substituents is 1. The van der Waals surface area contributed by atoms with E-state index in [-0.39, 0.29) is 18.0 Å². The number of ether oxygens (including phenoxy) is 1. The van der Waals surface area contributed by atoms with E-state index in [1.807, 2.05) is 0 Å². The maximum atomic E-state index is 14.4. The van der Waals surface area contributed by atoms with Gasteiger partial charge >= 0.3 is 0 Å². The van der Waals surface area contributed by atoms with Crippen LogP contribution < -0.4 is 13.8 Å². The molecule has 120 valence electrons. The van der Waals surface area contributed by atoms with Crippen molar-refractivity contribution < 1.29 is 23.2 Å². The minimum absolute atomic E-state index is 0.265. The van der Waals surface area contributed by atoms with Crippen molar-refractivity contribution in [2.24, 2.45) is 0 Å². The van der Waals surface area contributed by atoms with E-state index in [9.17, 15) is 18.5 Å². The number of nitrogens with one attached hydrogen (secondary N) is 1. The lowest BCUT2D eigenvalue weighted by Crippen LogP contribution is -2.23. The van der Waals surface area contributed by atoms with E-state index < -0.39 is 22.9 Å². The van der Waals surface area contributed by atoms with Crippen molar-refractivity contribution in [2.75, 3.05) is 18.0 Å². The van der Waals surface area contributed by atoms with Gasteiger partial charge in [0.05, 0.1) is 7.11 Å². The Kier molecular flexibility index (Phi) is 3.91. The Morgan fingerprint density at radius 3 is 2.48 bits per heavy atom. The van der Waals surface area contributed by atoms with Crippen LogP contribution in [-0.2, 0) is 16.0 Å². The smallest absolute Gasteiger partial charge is 0.253 e. The number of rotatable bonds is 3. The molecule has 0 aliphatic carbocycles. The standard InChI is InChI=1S/C15H13FN2O4S/c1-22-11-4-2-9(3-5-11)10-6-12(16)15(13(19)7-10)18-8-14(20)17-23(18)21/h2-7,19H,8H2,1H3,(H,17,20). The third-order valence-electron chi connectivity index (χ3n) is 3.40. The van der Waals surface area contributed by atoms with Crippen LogP contribution in [0, 0.1) is 5.82 Å². The minimum Gasteiger partial charge on any atom is -0.506 e. The summed E-state index contributed by atoms with van der Waals surface area (Å²) in [6.45, 7) is -0.279. The predicted octanol–water partition coefficient (Wildman–Crippen LogP) is 1.72. The Morgan fingerprint density at radius 1 is 1.26 bits per heavy atom. The molecule has 1 heterocycles. The summed E-state index contributed by atoms with van der Waals surface area (Å²) in [6, 6.07) is 9.47. The van der Waals surface area contributed by atoms with E-state index in [2.05, 4.69) is 4.72 Å². The molecule has 1 aliphatic heterocycles. The highest BCUT2D eigenvalue weighted by Crippen LogP contribution is 2.37. The highest BCUT2D eigenvalue weighted by molar-refractivity contribution is 7.85. The first kappa shape index (κ1) is 15.3. The number of hydrogen-bond donors (Lipinski definition) is 2. The van der Waals surface area contributed by atoms with Crippen LogP contribution in [0.1, 0.15) is 0 Å². The molecule has 2 aromatic rings. The van der Waals surface area contributed by atoms with Gasteiger partial charge in [0, 0.05) is 0 Å². The number of hydrogen-bond acceptors (Lipinski definition) is 4. The Hall–Kier alpha value is -2.61. The number of anilines is 1. The molecular formula is C15H13FN2O4S. The lowest BCUT2D eigenvalue weighted by molar-refractivity contribution is -0.117. The predicted molar refractivity (Wildman–Crippen MR) is 83.7 cm³/mol. The summed E-state index contributed by atoms with van der Waals surface area (Å²) in [5.41, 5.74) is 0.873. The first-order chi connectivity index (χ1) is 11.0. The summed E-state index contributed by atoms with van der Waals surface area (Å²) in [4.78, 5) is 11.2. The number of aromatic hydroxyl groups is 1. The summed E-state index contributed by atoms with van der Waals surface area (Å²) < 4.78 is 34.3. The molecular weight excluding hydrogens is 323 g/mol. The first-order valence-electron chi connectivity index (χ1n) is 6.65. The fraction of sp³-hybridized carbons (Fsp3) is 0.133. The van der Waals surface area contributed by atoms with Crippen molar-refractivity contribution >= 4 is 22.8 Å². The van der Waals surface area contributed by atoms with Crippen LogP contribution in [0.2, 0.25) is 0 Å². The van der Waals surface area contributed by atoms with E-state index >= 15 is 0 Å². The second-order valence-electron chi connectivity index (χ2n) is 4.87. The van der Waals surface area contributed by atoms with E-state index in [1.54, 1.807) is 31.4 Å². The summed E-state index contributed by atoms with van der Waals surface area (Å²) in [5.74, 6) is -0.991. The molecule has 1 unspecified atom stereocenters. The molecule has 8 heteroatoms. The van der Waals surface area contributed by atoms with Gasteiger partial charge in [0.15, 0.2) is 5.82 Å². The van der Waals surface area contributed by atoms with Crippen LogP contribution in [-0.4, -0.2) is 28.9 Å². The molecule has 6 nitrogen and oxygen atoms in total. The summed E-state index contributed by atoms with van der Waals surface area (Å²) >= 11 is -1.90. The van der Waals surface area contributed by atoms with Crippen LogP contribution in [0.3, 0.4) is 0 Å². The molecule has 1 fully saturated rings. The maximum Gasteiger partial charge on any atom is 0.253 e. The van der Waals surface area contributed by atoms with Crippen molar-refractivity contribution in [1.29, 1.82) is 0 Å². The molecule has 1 aliphatic rings. The molecule has 1 amide bonds. The average Bonchev–Trinajstić information content (AvgIpc) is 2.85. The molecule has 1 saturated heterocycles. The van der Waals surface area contributed by atoms with Crippen molar-refractivity contribution in [3.05, 3.63) is 42.2 Å². The molecule has 0 radical (unpaired) electrons. The Balaban J connectivity index is 2.00. The monoisotopic (exact) mass is 336 g/mol. The number of halogens is 1. The van der Waals surface area contributed by atoms with Gasteiger partial charge in [-0.3, -0.25) is 13.8 Å². The van der Waals surface area contributed by atoms with Crippen molar-refractivity contribution in [1.82, 2.24) is 4.72 Å². The third kappa shape index (κ3) is 2.85. The number of carbonyl (C=O) groups excluding carboxylic acids is 1. The SMILES string of the molecule is COc1ccc(-c2cc(O)c(N3CC(=O)NS3=O)c(F)c2)cc1. The molecule has 23 heavy (non-hydrogen) atoms. The molecule has 0 aromatic heterocycles. The van der Waals surface area contributed by atoms with Crippen LogP contribution in [0.15, 0.2) is 36.4 Å². The summed E-state index contributed by atoms with van der Waals surface area (Å²) in [6.07, 6.45) is 0. The zero-order valence-corrected chi connectivity index (χ0v) is 12.9. The van der Waals surface area contributed by atoms with Crippen LogP contribution in [0.5, 0.6) is 11.5 Å². The molecule has 2 aromatic carbocycles. The zero-order chi connectivity index (χ0) is 16.6. The molecule has 0 bridgehead atoms. The van der Waals surface area contributed by atoms with Crippen molar-refractivity contribution in [3.8, 4) is 22.6 Å². The fourth-order valence-electron chi connectivity index (χ4n) is 2.32. The van der Waals surface area contributed by atoms with Gasteiger partial charge < -0.3 is 9.84 Å². The number of amides is 1. The maximum absolute atomic E-state index is 14.4. The third-order valence-corrected chi connectivity index (χ3v) is 4.52. The first-order valence-corrected chi connectivity index (χ1v) is 7.76. The van der Waals surface area contributed by atoms with Crippen molar-refractivity contribution in [3.63, 3.8) is 0 Å². The molecule has 2 N–H and O–H groups in total. The van der Waals surface area contributed by atoms with Crippen LogP contribution >= 0.6 is 0 Å². The van der Waals surface area contributed by atoms with Gasteiger partial charge in [0.1, 0.15) is 23.7 Å². The van der Waals surface area contributed by atoms with E-state index in [1.165, 1.54) is 12.1 Å². The Morgan fingerprint density at radius 2 is 1.96 bits per heavy atom. The molecule has 3 rings (SSSR count). The van der Waals surface area contributed by atoms with Crippen molar-refractivity contribution in [2.45, 2.75) is 0 Å². The van der Waals surface area contributed by atoms with Gasteiger partial charge in [-0.1, -0.05) is 12.1 Å². The topological polar surface area (TPSA) is 78.9 Å². The zero-order valence-electron chi connectivity index (χ0n) is 12.1.